The highest BCUT2D eigenvalue weighted by Gasteiger charge is 2.38. The standard InChI is InChI=1S/C28H31ClN4O2/c1-32(2)14-15-33(3)20-22-9-7-8-21(16-22)18-28(35,24-10-5-4-6-11-24)27(34)31-25-13-12-23(19-30)26(29)17-25/h4-13,16-17,35H,14-15,18,20H2,1-3H3,(H,31,34). The van der Waals surface area contributed by atoms with Crippen LogP contribution in [0.25, 0.3) is 0 Å². The van der Waals surface area contributed by atoms with Crippen molar-refractivity contribution in [2.75, 3.05) is 39.5 Å². The number of anilines is 1. The molecule has 3 aromatic carbocycles. The number of carbonyl (C=O) groups is 1. The zero-order chi connectivity index (χ0) is 25.4. The third kappa shape index (κ3) is 7.14. The minimum Gasteiger partial charge on any atom is -0.375 e. The van der Waals surface area contributed by atoms with Crippen LogP contribution in [0.4, 0.5) is 5.69 Å². The Morgan fingerprint density at radius 1 is 1.00 bits per heavy atom. The first-order valence-corrected chi connectivity index (χ1v) is 11.8. The van der Waals surface area contributed by atoms with Gasteiger partial charge in [0.2, 0.25) is 0 Å². The van der Waals surface area contributed by atoms with Crippen LogP contribution in [0.5, 0.6) is 0 Å². The number of amides is 1. The van der Waals surface area contributed by atoms with Crippen LogP contribution in [0.3, 0.4) is 0 Å². The summed E-state index contributed by atoms with van der Waals surface area (Å²) in [6, 6.07) is 23.5. The van der Waals surface area contributed by atoms with Gasteiger partial charge < -0.3 is 20.2 Å². The maximum absolute atomic E-state index is 13.4. The van der Waals surface area contributed by atoms with E-state index in [1.54, 1.807) is 30.3 Å². The second-order valence-electron chi connectivity index (χ2n) is 9.02. The van der Waals surface area contributed by atoms with Gasteiger partial charge in [0, 0.05) is 31.7 Å². The van der Waals surface area contributed by atoms with Crippen molar-refractivity contribution < 1.29 is 9.90 Å². The van der Waals surface area contributed by atoms with Crippen LogP contribution in [0.1, 0.15) is 22.3 Å². The maximum atomic E-state index is 13.4. The Morgan fingerprint density at radius 3 is 2.37 bits per heavy atom. The summed E-state index contributed by atoms with van der Waals surface area (Å²) in [4.78, 5) is 17.8. The van der Waals surface area contributed by atoms with E-state index in [0.29, 0.717) is 16.8 Å². The Hall–Kier alpha value is -3.21. The number of rotatable bonds is 10. The molecule has 3 aromatic rings. The number of nitrogens with one attached hydrogen (secondary N) is 1. The Labute approximate surface area is 212 Å². The lowest BCUT2D eigenvalue weighted by atomic mass is 9.85. The van der Waals surface area contributed by atoms with Crippen LogP contribution in [0.15, 0.2) is 72.8 Å². The van der Waals surface area contributed by atoms with Gasteiger partial charge in [-0.25, -0.2) is 0 Å². The molecule has 2 N–H and O–H groups in total. The lowest BCUT2D eigenvalue weighted by Gasteiger charge is -2.28. The molecule has 182 valence electrons. The normalized spacial score (nSPS) is 12.9. The number of likely N-dealkylation sites (N-methyl/N-ethyl adjacent to an activating group) is 2. The zero-order valence-electron chi connectivity index (χ0n) is 20.3. The summed E-state index contributed by atoms with van der Waals surface area (Å²) in [6.45, 7) is 2.66. The second kappa shape index (κ2) is 12.0. The van der Waals surface area contributed by atoms with Gasteiger partial charge in [0.15, 0.2) is 5.60 Å². The van der Waals surface area contributed by atoms with E-state index < -0.39 is 11.5 Å². The van der Waals surface area contributed by atoms with E-state index in [1.807, 2.05) is 30.3 Å². The molecule has 1 unspecified atom stereocenters. The van der Waals surface area contributed by atoms with E-state index >= 15 is 0 Å². The van der Waals surface area contributed by atoms with Crippen molar-refractivity contribution in [2.45, 2.75) is 18.6 Å². The number of benzene rings is 3. The van der Waals surface area contributed by atoms with Crippen LogP contribution < -0.4 is 5.32 Å². The highest BCUT2D eigenvalue weighted by molar-refractivity contribution is 6.32. The number of halogens is 1. The predicted molar refractivity (Wildman–Crippen MR) is 140 cm³/mol. The molecule has 0 aliphatic rings. The van der Waals surface area contributed by atoms with Gasteiger partial charge in [-0.05, 0) is 56.0 Å². The van der Waals surface area contributed by atoms with E-state index in [-0.39, 0.29) is 11.4 Å². The van der Waals surface area contributed by atoms with Crippen LogP contribution in [-0.2, 0) is 23.4 Å². The van der Waals surface area contributed by atoms with Gasteiger partial charge in [-0.3, -0.25) is 4.79 Å². The van der Waals surface area contributed by atoms with E-state index in [9.17, 15) is 9.90 Å². The molecule has 0 saturated carbocycles. The number of nitrogens with zero attached hydrogens (tertiary/aromatic N) is 3. The number of hydrogen-bond donors (Lipinski definition) is 2. The first kappa shape index (κ1) is 26.4. The molecule has 0 aliphatic carbocycles. The molecule has 0 radical (unpaired) electrons. The van der Waals surface area contributed by atoms with Crippen LogP contribution in [0.2, 0.25) is 5.02 Å². The quantitative estimate of drug-likeness (QED) is 0.443. The van der Waals surface area contributed by atoms with E-state index in [4.69, 9.17) is 16.9 Å². The highest BCUT2D eigenvalue weighted by atomic mass is 35.5. The summed E-state index contributed by atoms with van der Waals surface area (Å²) in [5.74, 6) is -0.571. The number of carbonyl (C=O) groups excluding carboxylic acids is 1. The molecule has 0 heterocycles. The van der Waals surface area contributed by atoms with Crippen molar-refractivity contribution in [3.8, 4) is 6.07 Å². The molecule has 0 fully saturated rings. The number of nitriles is 1. The smallest absolute Gasteiger partial charge is 0.261 e. The van der Waals surface area contributed by atoms with Gasteiger partial charge in [-0.15, -0.1) is 0 Å². The first-order valence-electron chi connectivity index (χ1n) is 11.4. The molecule has 0 saturated heterocycles. The summed E-state index contributed by atoms with van der Waals surface area (Å²) in [5, 5.41) is 23.8. The Bertz CT molecular complexity index is 1190. The Balaban J connectivity index is 1.85. The molecule has 35 heavy (non-hydrogen) atoms. The number of hydrogen-bond acceptors (Lipinski definition) is 5. The van der Waals surface area contributed by atoms with Gasteiger partial charge in [0.05, 0.1) is 10.6 Å². The summed E-state index contributed by atoms with van der Waals surface area (Å²) in [7, 11) is 6.18. The van der Waals surface area contributed by atoms with Crippen molar-refractivity contribution in [3.05, 3.63) is 100 Å². The predicted octanol–water partition coefficient (Wildman–Crippen LogP) is 4.27. The van der Waals surface area contributed by atoms with Crippen LogP contribution in [0, 0.1) is 11.3 Å². The average molecular weight is 491 g/mol. The lowest BCUT2D eigenvalue weighted by molar-refractivity contribution is -0.135. The fraction of sp³-hybridized carbons (Fsp3) is 0.286. The van der Waals surface area contributed by atoms with E-state index in [2.05, 4.69) is 42.3 Å². The van der Waals surface area contributed by atoms with Crippen molar-refractivity contribution >= 4 is 23.2 Å². The minimum atomic E-state index is -1.81. The van der Waals surface area contributed by atoms with Gasteiger partial charge in [0.1, 0.15) is 6.07 Å². The van der Waals surface area contributed by atoms with Gasteiger partial charge in [-0.2, -0.15) is 5.26 Å². The third-order valence-electron chi connectivity index (χ3n) is 5.81. The summed E-state index contributed by atoms with van der Waals surface area (Å²) in [5.41, 5.74) is 1.36. The van der Waals surface area contributed by atoms with E-state index in [1.165, 1.54) is 12.1 Å². The second-order valence-corrected chi connectivity index (χ2v) is 9.43. The molecular weight excluding hydrogens is 460 g/mol. The largest absolute Gasteiger partial charge is 0.375 e. The minimum absolute atomic E-state index is 0.0993. The molecule has 0 spiro atoms. The fourth-order valence-electron chi connectivity index (χ4n) is 3.84. The fourth-order valence-corrected chi connectivity index (χ4v) is 4.06. The third-order valence-corrected chi connectivity index (χ3v) is 6.12. The molecule has 6 nitrogen and oxygen atoms in total. The maximum Gasteiger partial charge on any atom is 0.261 e. The summed E-state index contributed by atoms with van der Waals surface area (Å²) >= 11 is 6.13. The molecule has 3 rings (SSSR count). The van der Waals surface area contributed by atoms with Crippen molar-refractivity contribution in [3.63, 3.8) is 0 Å². The van der Waals surface area contributed by atoms with Gasteiger partial charge in [0.25, 0.3) is 5.91 Å². The molecule has 1 atom stereocenters. The Morgan fingerprint density at radius 2 is 1.71 bits per heavy atom. The zero-order valence-corrected chi connectivity index (χ0v) is 21.1. The first-order chi connectivity index (χ1) is 16.7. The Kier molecular flexibility index (Phi) is 9.02. The molecule has 7 heteroatoms. The lowest BCUT2D eigenvalue weighted by Crippen LogP contribution is -2.42. The van der Waals surface area contributed by atoms with Crippen molar-refractivity contribution in [1.82, 2.24) is 9.80 Å². The highest BCUT2D eigenvalue weighted by Crippen LogP contribution is 2.29. The van der Waals surface area contributed by atoms with E-state index in [0.717, 1.165) is 30.8 Å². The van der Waals surface area contributed by atoms with Crippen LogP contribution in [-0.4, -0.2) is 55.0 Å². The molecule has 1 amide bonds. The van der Waals surface area contributed by atoms with Crippen molar-refractivity contribution in [2.24, 2.45) is 0 Å². The van der Waals surface area contributed by atoms with Gasteiger partial charge in [-0.1, -0.05) is 66.2 Å². The van der Waals surface area contributed by atoms with Crippen LogP contribution >= 0.6 is 11.6 Å². The SMILES string of the molecule is CN(C)CCN(C)Cc1cccc(CC(O)(C(=O)Nc2ccc(C#N)c(Cl)c2)c2ccccc2)c1. The topological polar surface area (TPSA) is 79.6 Å². The molecule has 0 aromatic heterocycles. The average Bonchev–Trinajstić information content (AvgIpc) is 2.83. The number of aliphatic hydroxyl groups is 1. The van der Waals surface area contributed by atoms with Gasteiger partial charge >= 0.3 is 0 Å². The molecule has 0 bridgehead atoms. The molecule has 0 aliphatic heterocycles. The monoisotopic (exact) mass is 490 g/mol. The summed E-state index contributed by atoms with van der Waals surface area (Å²) < 4.78 is 0. The summed E-state index contributed by atoms with van der Waals surface area (Å²) in [6.07, 6.45) is 0.0993. The van der Waals surface area contributed by atoms with Crippen molar-refractivity contribution in [1.29, 1.82) is 5.26 Å². The molecular formula is C28H31ClN4O2.